The molecule has 2 aromatic carbocycles. The van der Waals surface area contributed by atoms with Crippen molar-refractivity contribution in [3.05, 3.63) is 58.9 Å². The monoisotopic (exact) mass is 459 g/mol. The lowest BCUT2D eigenvalue weighted by Crippen LogP contribution is -2.36. The van der Waals surface area contributed by atoms with Gasteiger partial charge in [-0.25, -0.2) is 13.4 Å². The number of rotatable bonds is 6. The second kappa shape index (κ2) is 8.72. The lowest BCUT2D eigenvalue weighted by Gasteiger charge is -2.16. The van der Waals surface area contributed by atoms with Crippen LogP contribution in [0.4, 0.5) is 0 Å². The van der Waals surface area contributed by atoms with E-state index < -0.39 is 9.84 Å². The lowest BCUT2D eigenvalue weighted by atomic mass is 10.2. The number of fused-ring (bicyclic) bond motifs is 1. The highest BCUT2D eigenvalue weighted by Crippen LogP contribution is 2.27. The average Bonchev–Trinajstić information content (AvgIpc) is 3.10. The zero-order valence-electron chi connectivity index (χ0n) is 16.8. The topological polar surface area (TPSA) is 107 Å². The van der Waals surface area contributed by atoms with Crippen LogP contribution in [-0.2, 0) is 14.6 Å². The van der Waals surface area contributed by atoms with Crippen LogP contribution >= 0.6 is 11.8 Å². The van der Waals surface area contributed by atoms with Gasteiger partial charge in [0.05, 0.1) is 41.0 Å². The number of ether oxygens (including phenoxy) is 1. The van der Waals surface area contributed by atoms with Crippen molar-refractivity contribution in [2.45, 2.75) is 17.6 Å². The normalized spacial score (nSPS) is 17.5. The van der Waals surface area contributed by atoms with E-state index in [1.807, 2.05) is 0 Å². The van der Waals surface area contributed by atoms with Gasteiger partial charge < -0.3 is 10.1 Å². The Morgan fingerprint density at radius 1 is 1.23 bits per heavy atom. The standard InChI is InChI=1S/C21H21N3O5S2/c1-29-18-9-5-4-8-17(18)24-20(26)15-6-2-3-7-16(15)23-21(24)30-12-19(25)22-14-10-11-31(27,28)13-14/h2-9,14H,10-13H2,1H3,(H,22,25)/t14-/m0/s1. The molecular formula is C21H21N3O5S2. The third-order valence-corrected chi connectivity index (χ3v) is 7.71. The number of carbonyl (C=O) groups is 1. The molecule has 1 amide bonds. The molecule has 2 heterocycles. The predicted octanol–water partition coefficient (Wildman–Crippen LogP) is 1.79. The Bertz CT molecular complexity index is 1300. The summed E-state index contributed by atoms with van der Waals surface area (Å²) in [5, 5.41) is 3.57. The predicted molar refractivity (Wildman–Crippen MR) is 120 cm³/mol. The molecule has 1 N–H and O–H groups in total. The molecule has 0 spiro atoms. The summed E-state index contributed by atoms with van der Waals surface area (Å²) in [6.45, 7) is 0. The van der Waals surface area contributed by atoms with Crippen LogP contribution in [0.15, 0.2) is 58.5 Å². The van der Waals surface area contributed by atoms with Gasteiger partial charge in [-0.15, -0.1) is 0 Å². The smallest absolute Gasteiger partial charge is 0.266 e. The van der Waals surface area contributed by atoms with Gasteiger partial charge in [0.15, 0.2) is 15.0 Å². The van der Waals surface area contributed by atoms with Crippen LogP contribution in [0.1, 0.15) is 6.42 Å². The van der Waals surface area contributed by atoms with E-state index in [1.165, 1.54) is 11.7 Å². The molecule has 31 heavy (non-hydrogen) atoms. The highest BCUT2D eigenvalue weighted by molar-refractivity contribution is 7.99. The van der Waals surface area contributed by atoms with Gasteiger partial charge in [0, 0.05) is 6.04 Å². The summed E-state index contributed by atoms with van der Waals surface area (Å²) in [6, 6.07) is 13.7. The van der Waals surface area contributed by atoms with Gasteiger partial charge >= 0.3 is 0 Å². The molecule has 0 saturated carbocycles. The first-order chi connectivity index (χ1) is 14.9. The molecule has 0 radical (unpaired) electrons. The van der Waals surface area contributed by atoms with E-state index in [0.717, 1.165) is 11.8 Å². The molecule has 1 atom stereocenters. The quantitative estimate of drug-likeness (QED) is 0.442. The molecule has 4 rings (SSSR count). The SMILES string of the molecule is COc1ccccc1-n1c(SCC(=O)N[C@H]2CCS(=O)(=O)C2)nc2ccccc2c1=O. The van der Waals surface area contributed by atoms with Gasteiger partial charge in [0.25, 0.3) is 5.56 Å². The van der Waals surface area contributed by atoms with Gasteiger partial charge in [0.1, 0.15) is 5.75 Å². The molecule has 8 nitrogen and oxygen atoms in total. The Hall–Kier alpha value is -2.85. The number of hydrogen-bond acceptors (Lipinski definition) is 7. The Morgan fingerprint density at radius 2 is 1.97 bits per heavy atom. The largest absolute Gasteiger partial charge is 0.495 e. The van der Waals surface area contributed by atoms with Gasteiger partial charge in [-0.05, 0) is 30.7 Å². The molecule has 0 bridgehead atoms. The maximum absolute atomic E-state index is 13.3. The number of amides is 1. The fourth-order valence-corrected chi connectivity index (χ4v) is 6.03. The number of para-hydroxylation sites is 3. The highest BCUT2D eigenvalue weighted by atomic mass is 32.2. The van der Waals surface area contributed by atoms with E-state index >= 15 is 0 Å². The maximum Gasteiger partial charge on any atom is 0.266 e. The van der Waals surface area contributed by atoms with Crippen molar-refractivity contribution in [2.75, 3.05) is 24.4 Å². The highest BCUT2D eigenvalue weighted by Gasteiger charge is 2.29. The molecule has 1 saturated heterocycles. The van der Waals surface area contributed by atoms with E-state index in [0.29, 0.717) is 33.9 Å². The molecule has 1 aromatic heterocycles. The van der Waals surface area contributed by atoms with Crippen molar-refractivity contribution < 1.29 is 17.9 Å². The van der Waals surface area contributed by atoms with Crippen molar-refractivity contribution in [3.8, 4) is 11.4 Å². The summed E-state index contributed by atoms with van der Waals surface area (Å²) in [7, 11) is -1.56. The molecule has 0 unspecified atom stereocenters. The molecule has 1 aliphatic heterocycles. The summed E-state index contributed by atoms with van der Waals surface area (Å²) in [5.74, 6) is 0.246. The number of benzene rings is 2. The van der Waals surface area contributed by atoms with Gasteiger partial charge in [-0.3, -0.25) is 14.2 Å². The molecular weight excluding hydrogens is 438 g/mol. The fourth-order valence-electron chi connectivity index (χ4n) is 3.54. The number of sulfone groups is 1. The van der Waals surface area contributed by atoms with Crippen LogP contribution in [0.3, 0.4) is 0 Å². The van der Waals surface area contributed by atoms with Crippen molar-refractivity contribution in [3.63, 3.8) is 0 Å². The second-order valence-electron chi connectivity index (χ2n) is 7.18. The van der Waals surface area contributed by atoms with E-state index in [2.05, 4.69) is 10.3 Å². The number of nitrogens with zero attached hydrogens (tertiary/aromatic N) is 2. The van der Waals surface area contributed by atoms with Crippen LogP contribution in [0.2, 0.25) is 0 Å². The zero-order chi connectivity index (χ0) is 22.0. The Kier molecular flexibility index (Phi) is 6.01. The maximum atomic E-state index is 13.3. The summed E-state index contributed by atoms with van der Waals surface area (Å²) in [5.41, 5.74) is 0.793. The number of thioether (sulfide) groups is 1. The Balaban J connectivity index is 1.66. The van der Waals surface area contributed by atoms with Crippen LogP contribution in [0.25, 0.3) is 16.6 Å². The molecule has 3 aromatic rings. The number of nitrogens with one attached hydrogen (secondary N) is 1. The number of hydrogen-bond donors (Lipinski definition) is 1. The van der Waals surface area contributed by atoms with Crippen molar-refractivity contribution in [1.82, 2.24) is 14.9 Å². The minimum absolute atomic E-state index is 0.00350. The van der Waals surface area contributed by atoms with Crippen LogP contribution in [-0.4, -0.2) is 54.3 Å². The van der Waals surface area contributed by atoms with Crippen LogP contribution < -0.4 is 15.6 Å². The van der Waals surface area contributed by atoms with Crippen molar-refractivity contribution >= 4 is 38.4 Å². The van der Waals surface area contributed by atoms with Crippen LogP contribution in [0, 0.1) is 0 Å². The molecule has 1 fully saturated rings. The number of carbonyl (C=O) groups excluding carboxylic acids is 1. The molecule has 10 heteroatoms. The Labute approximate surface area is 183 Å². The third-order valence-electron chi connectivity index (χ3n) is 5.00. The molecule has 0 aliphatic carbocycles. The minimum Gasteiger partial charge on any atom is -0.495 e. The lowest BCUT2D eigenvalue weighted by molar-refractivity contribution is -0.119. The molecule has 1 aliphatic rings. The summed E-state index contributed by atoms with van der Waals surface area (Å²) < 4.78 is 30.1. The summed E-state index contributed by atoms with van der Waals surface area (Å²) in [4.78, 5) is 30.3. The minimum atomic E-state index is -3.08. The van der Waals surface area contributed by atoms with Gasteiger partial charge in [0.2, 0.25) is 5.91 Å². The van der Waals surface area contributed by atoms with Gasteiger partial charge in [-0.1, -0.05) is 36.0 Å². The van der Waals surface area contributed by atoms with E-state index in [-0.39, 0.29) is 34.8 Å². The molecule has 162 valence electrons. The van der Waals surface area contributed by atoms with E-state index in [4.69, 9.17) is 4.74 Å². The van der Waals surface area contributed by atoms with Crippen molar-refractivity contribution in [2.24, 2.45) is 0 Å². The van der Waals surface area contributed by atoms with E-state index in [1.54, 1.807) is 48.5 Å². The van der Waals surface area contributed by atoms with E-state index in [9.17, 15) is 18.0 Å². The summed E-state index contributed by atoms with van der Waals surface area (Å²) in [6.07, 6.45) is 0.416. The number of aromatic nitrogens is 2. The summed E-state index contributed by atoms with van der Waals surface area (Å²) >= 11 is 1.12. The first-order valence-electron chi connectivity index (χ1n) is 9.66. The Morgan fingerprint density at radius 3 is 2.71 bits per heavy atom. The second-order valence-corrected chi connectivity index (χ2v) is 10.4. The zero-order valence-corrected chi connectivity index (χ0v) is 18.4. The average molecular weight is 460 g/mol. The first-order valence-corrected chi connectivity index (χ1v) is 12.5. The first kappa shape index (κ1) is 21.4. The van der Waals surface area contributed by atoms with Gasteiger partial charge in [-0.2, -0.15) is 0 Å². The number of methoxy groups -OCH3 is 1. The third kappa shape index (κ3) is 4.59. The van der Waals surface area contributed by atoms with Crippen molar-refractivity contribution in [1.29, 1.82) is 0 Å². The fraction of sp³-hybridized carbons (Fsp3) is 0.286. The van der Waals surface area contributed by atoms with Crippen LogP contribution in [0.5, 0.6) is 5.75 Å².